The Morgan fingerprint density at radius 3 is 2.71 bits per heavy atom. The van der Waals surface area contributed by atoms with Crippen molar-refractivity contribution >= 4 is 21.9 Å². The highest BCUT2D eigenvalue weighted by molar-refractivity contribution is 9.10. The van der Waals surface area contributed by atoms with Gasteiger partial charge in [-0.1, -0.05) is 46.3 Å². The number of hydrogen-bond acceptors (Lipinski definition) is 5. The lowest BCUT2D eigenvalue weighted by Gasteiger charge is -2.03. The molecule has 0 spiro atoms. The van der Waals surface area contributed by atoms with E-state index in [4.69, 9.17) is 9.15 Å². The number of rotatable bonds is 6. The van der Waals surface area contributed by atoms with Crippen LogP contribution in [0.3, 0.4) is 0 Å². The number of esters is 1. The van der Waals surface area contributed by atoms with Gasteiger partial charge in [0, 0.05) is 16.5 Å². The third-order valence-corrected chi connectivity index (χ3v) is 3.84. The summed E-state index contributed by atoms with van der Waals surface area (Å²) in [5.74, 6) is 0.398. The molecule has 0 saturated heterocycles. The van der Waals surface area contributed by atoms with Gasteiger partial charge in [-0.2, -0.15) is 0 Å². The van der Waals surface area contributed by atoms with Crippen molar-refractivity contribution in [2.24, 2.45) is 0 Å². The molecule has 0 unspecified atom stereocenters. The standard InChI is InChI=1S/C18H15BrN2O3/c19-15-8-4-5-13(11-15)9-10-17(22)23-12-16-20-21-18(24-16)14-6-2-1-3-7-14/h1-8,11H,9-10,12H2. The zero-order valence-corrected chi connectivity index (χ0v) is 14.4. The second-order valence-electron chi connectivity index (χ2n) is 5.16. The molecule has 122 valence electrons. The molecule has 5 nitrogen and oxygen atoms in total. The second-order valence-corrected chi connectivity index (χ2v) is 6.07. The summed E-state index contributed by atoms with van der Waals surface area (Å²) in [5, 5.41) is 7.85. The molecular weight excluding hydrogens is 372 g/mol. The number of nitrogens with zero attached hydrogens (tertiary/aromatic N) is 2. The van der Waals surface area contributed by atoms with Crippen molar-refractivity contribution in [2.75, 3.05) is 0 Å². The van der Waals surface area contributed by atoms with Crippen LogP contribution in [0, 0.1) is 0 Å². The van der Waals surface area contributed by atoms with E-state index in [0.29, 0.717) is 18.7 Å². The van der Waals surface area contributed by atoms with E-state index in [0.717, 1.165) is 15.6 Å². The predicted molar refractivity (Wildman–Crippen MR) is 92.0 cm³/mol. The summed E-state index contributed by atoms with van der Waals surface area (Å²) in [6.45, 7) is -0.0167. The van der Waals surface area contributed by atoms with Gasteiger partial charge in [0.2, 0.25) is 5.89 Å². The minimum atomic E-state index is -0.297. The van der Waals surface area contributed by atoms with E-state index in [2.05, 4.69) is 26.1 Å². The lowest BCUT2D eigenvalue weighted by Crippen LogP contribution is -2.06. The van der Waals surface area contributed by atoms with Crippen LogP contribution in [0.4, 0.5) is 0 Å². The molecule has 0 amide bonds. The Bertz CT molecular complexity index is 818. The highest BCUT2D eigenvalue weighted by atomic mass is 79.9. The summed E-state index contributed by atoms with van der Waals surface area (Å²) < 4.78 is 11.7. The summed E-state index contributed by atoms with van der Waals surface area (Å²) in [4.78, 5) is 11.8. The summed E-state index contributed by atoms with van der Waals surface area (Å²) in [5.41, 5.74) is 1.91. The van der Waals surface area contributed by atoms with Crippen molar-refractivity contribution in [2.45, 2.75) is 19.4 Å². The zero-order chi connectivity index (χ0) is 16.8. The zero-order valence-electron chi connectivity index (χ0n) is 12.8. The van der Waals surface area contributed by atoms with E-state index in [9.17, 15) is 4.79 Å². The molecule has 0 aliphatic heterocycles. The molecule has 0 bridgehead atoms. The number of aromatic nitrogens is 2. The van der Waals surface area contributed by atoms with Crippen molar-refractivity contribution in [3.05, 3.63) is 70.5 Å². The molecule has 1 aromatic heterocycles. The molecule has 0 aliphatic rings. The fourth-order valence-corrected chi connectivity index (χ4v) is 2.61. The number of ether oxygens (including phenoxy) is 1. The Kier molecular flexibility index (Phi) is 5.38. The molecule has 0 aliphatic carbocycles. The van der Waals surface area contributed by atoms with Crippen molar-refractivity contribution in [1.82, 2.24) is 10.2 Å². The molecule has 1 heterocycles. The molecule has 24 heavy (non-hydrogen) atoms. The lowest BCUT2D eigenvalue weighted by atomic mass is 10.1. The van der Waals surface area contributed by atoms with Gasteiger partial charge in [-0.05, 0) is 36.2 Å². The van der Waals surface area contributed by atoms with Gasteiger partial charge in [-0.15, -0.1) is 10.2 Å². The van der Waals surface area contributed by atoms with Crippen LogP contribution in [0.2, 0.25) is 0 Å². The monoisotopic (exact) mass is 386 g/mol. The maximum absolute atomic E-state index is 11.8. The quantitative estimate of drug-likeness (QED) is 0.594. The van der Waals surface area contributed by atoms with E-state index in [1.807, 2.05) is 54.6 Å². The van der Waals surface area contributed by atoms with Crippen LogP contribution in [-0.2, 0) is 22.6 Å². The number of carbonyl (C=O) groups is 1. The first-order valence-corrected chi connectivity index (χ1v) is 8.28. The molecule has 0 saturated carbocycles. The van der Waals surface area contributed by atoms with Crippen LogP contribution < -0.4 is 0 Å². The van der Waals surface area contributed by atoms with E-state index in [1.165, 1.54) is 0 Å². The molecule has 0 radical (unpaired) electrons. The summed E-state index contributed by atoms with van der Waals surface area (Å²) >= 11 is 3.41. The second kappa shape index (κ2) is 7.88. The Morgan fingerprint density at radius 2 is 1.92 bits per heavy atom. The maximum Gasteiger partial charge on any atom is 0.306 e. The number of aryl methyl sites for hydroxylation is 1. The van der Waals surface area contributed by atoms with Gasteiger partial charge in [0.05, 0.1) is 0 Å². The van der Waals surface area contributed by atoms with Gasteiger partial charge in [0.1, 0.15) is 0 Å². The first-order chi connectivity index (χ1) is 11.7. The molecular formula is C18H15BrN2O3. The topological polar surface area (TPSA) is 65.2 Å². The van der Waals surface area contributed by atoms with E-state index in [1.54, 1.807) is 0 Å². The Morgan fingerprint density at radius 1 is 1.08 bits per heavy atom. The average molecular weight is 387 g/mol. The predicted octanol–water partition coefficient (Wildman–Crippen LogP) is 4.18. The van der Waals surface area contributed by atoms with Gasteiger partial charge in [0.15, 0.2) is 6.61 Å². The van der Waals surface area contributed by atoms with Crippen LogP contribution in [0.25, 0.3) is 11.5 Å². The molecule has 3 aromatic rings. The first-order valence-electron chi connectivity index (χ1n) is 7.48. The largest absolute Gasteiger partial charge is 0.456 e. The van der Waals surface area contributed by atoms with Gasteiger partial charge >= 0.3 is 5.97 Å². The third kappa shape index (κ3) is 4.52. The Hall–Kier alpha value is -2.47. The lowest BCUT2D eigenvalue weighted by molar-refractivity contribution is -0.145. The number of hydrogen-bond donors (Lipinski definition) is 0. The highest BCUT2D eigenvalue weighted by Crippen LogP contribution is 2.17. The van der Waals surface area contributed by atoms with Crippen LogP contribution in [0.5, 0.6) is 0 Å². The molecule has 0 fully saturated rings. The fourth-order valence-electron chi connectivity index (χ4n) is 2.16. The van der Waals surface area contributed by atoms with E-state index >= 15 is 0 Å². The number of carbonyl (C=O) groups excluding carboxylic acids is 1. The summed E-state index contributed by atoms with van der Waals surface area (Å²) in [7, 11) is 0. The SMILES string of the molecule is O=C(CCc1cccc(Br)c1)OCc1nnc(-c2ccccc2)o1. The fraction of sp³-hybridized carbons (Fsp3) is 0.167. The maximum atomic E-state index is 11.8. The normalized spacial score (nSPS) is 10.5. The minimum Gasteiger partial charge on any atom is -0.456 e. The van der Waals surface area contributed by atoms with E-state index in [-0.39, 0.29) is 18.5 Å². The third-order valence-electron chi connectivity index (χ3n) is 3.35. The van der Waals surface area contributed by atoms with Gasteiger partial charge < -0.3 is 9.15 Å². The van der Waals surface area contributed by atoms with Crippen LogP contribution >= 0.6 is 15.9 Å². The minimum absolute atomic E-state index is 0.0167. The Labute approximate surface area is 147 Å². The molecule has 0 atom stereocenters. The van der Waals surface area contributed by atoms with Crippen molar-refractivity contribution in [1.29, 1.82) is 0 Å². The van der Waals surface area contributed by atoms with E-state index < -0.39 is 0 Å². The van der Waals surface area contributed by atoms with Crippen molar-refractivity contribution in [3.8, 4) is 11.5 Å². The molecule has 0 N–H and O–H groups in total. The highest BCUT2D eigenvalue weighted by Gasteiger charge is 2.11. The molecule has 2 aromatic carbocycles. The number of halogens is 1. The van der Waals surface area contributed by atoms with Crippen molar-refractivity contribution in [3.63, 3.8) is 0 Å². The van der Waals surface area contributed by atoms with Gasteiger partial charge in [0.25, 0.3) is 5.89 Å². The summed E-state index contributed by atoms with van der Waals surface area (Å²) in [6, 6.07) is 17.3. The van der Waals surface area contributed by atoms with Crippen LogP contribution in [0.1, 0.15) is 17.9 Å². The van der Waals surface area contributed by atoms with Crippen molar-refractivity contribution < 1.29 is 13.9 Å². The molecule has 3 rings (SSSR count). The number of benzene rings is 2. The van der Waals surface area contributed by atoms with Crippen LogP contribution in [0.15, 0.2) is 63.5 Å². The average Bonchev–Trinajstić information content (AvgIpc) is 3.08. The van der Waals surface area contributed by atoms with Gasteiger partial charge in [-0.25, -0.2) is 0 Å². The van der Waals surface area contributed by atoms with Gasteiger partial charge in [-0.3, -0.25) is 4.79 Å². The summed E-state index contributed by atoms with van der Waals surface area (Å²) in [6.07, 6.45) is 0.924. The Balaban J connectivity index is 1.49. The smallest absolute Gasteiger partial charge is 0.306 e. The van der Waals surface area contributed by atoms with Crippen LogP contribution in [-0.4, -0.2) is 16.2 Å². The first kappa shape index (κ1) is 16.4. The molecule has 6 heteroatoms.